The van der Waals surface area contributed by atoms with Gasteiger partial charge in [-0.2, -0.15) is 0 Å². The molecule has 266 valence electrons. The van der Waals surface area contributed by atoms with E-state index in [1.807, 2.05) is 88.4 Å². The highest BCUT2D eigenvalue weighted by Gasteiger charge is 2.38. The number of nitrogens with zero attached hydrogens (tertiary/aromatic N) is 2. The first kappa shape index (κ1) is 38.3. The number of esters is 2. The van der Waals surface area contributed by atoms with Crippen molar-refractivity contribution < 1.29 is 29.3 Å². The Morgan fingerprint density at radius 2 is 0.900 bits per heavy atom. The van der Waals surface area contributed by atoms with Gasteiger partial charge in [-0.1, -0.05) is 88.4 Å². The van der Waals surface area contributed by atoms with Gasteiger partial charge < -0.3 is 19.7 Å². The van der Waals surface area contributed by atoms with Crippen LogP contribution in [-0.4, -0.2) is 68.5 Å². The van der Waals surface area contributed by atoms with Crippen molar-refractivity contribution in [1.29, 1.82) is 0 Å². The van der Waals surface area contributed by atoms with Crippen molar-refractivity contribution in [3.8, 4) is 0 Å². The summed E-state index contributed by atoms with van der Waals surface area (Å²) in [7, 11) is 0. The number of pyridine rings is 2. The SMILES string of the molecule is CC(C)C(N[C@@H](Cc1ccccc1)[C@@H](O)[C@H](O)[C@@H](Cc1ccccc1)NC(C(=O)OCc1ccncc1)C(C)C)C(=O)OCc1ccncc1. The summed E-state index contributed by atoms with van der Waals surface area (Å²) in [5.41, 5.74) is 3.44. The number of nitrogens with one attached hydrogen (secondary N) is 2. The molecule has 4 N–H and O–H groups in total. The zero-order valence-electron chi connectivity index (χ0n) is 29.3. The summed E-state index contributed by atoms with van der Waals surface area (Å²) >= 11 is 0. The van der Waals surface area contributed by atoms with Crippen LogP contribution >= 0.6 is 0 Å². The van der Waals surface area contributed by atoms with Crippen molar-refractivity contribution in [1.82, 2.24) is 20.6 Å². The van der Waals surface area contributed by atoms with E-state index in [0.29, 0.717) is 12.8 Å². The van der Waals surface area contributed by atoms with E-state index in [9.17, 15) is 19.8 Å². The van der Waals surface area contributed by atoms with Gasteiger partial charge in [0.25, 0.3) is 0 Å². The Balaban J connectivity index is 1.58. The minimum Gasteiger partial charge on any atom is -0.460 e. The van der Waals surface area contributed by atoms with Crippen LogP contribution in [0, 0.1) is 11.8 Å². The molecule has 0 amide bonds. The number of benzene rings is 2. The van der Waals surface area contributed by atoms with Gasteiger partial charge in [0.15, 0.2) is 0 Å². The van der Waals surface area contributed by atoms with Crippen molar-refractivity contribution >= 4 is 11.9 Å². The van der Waals surface area contributed by atoms with Crippen molar-refractivity contribution in [2.75, 3.05) is 0 Å². The lowest BCUT2D eigenvalue weighted by molar-refractivity contribution is -0.151. The molecule has 0 aliphatic carbocycles. The van der Waals surface area contributed by atoms with Gasteiger partial charge in [0.2, 0.25) is 0 Å². The van der Waals surface area contributed by atoms with Crippen LogP contribution in [0.2, 0.25) is 0 Å². The molecule has 0 radical (unpaired) electrons. The fraction of sp³-hybridized carbons (Fsp3) is 0.400. The molecule has 0 spiro atoms. The van der Waals surface area contributed by atoms with E-state index < -0.39 is 48.3 Å². The molecule has 0 aliphatic heterocycles. The Hall–Kier alpha value is -4.48. The molecular weight excluding hydrogens is 632 g/mol. The number of rotatable bonds is 19. The summed E-state index contributed by atoms with van der Waals surface area (Å²) in [5.74, 6) is -1.32. The number of carbonyl (C=O) groups excluding carboxylic acids is 2. The molecule has 0 bridgehead atoms. The summed E-state index contributed by atoms with van der Waals surface area (Å²) in [5, 5.41) is 30.7. The summed E-state index contributed by atoms with van der Waals surface area (Å²) in [6, 6.07) is 23.2. The maximum Gasteiger partial charge on any atom is 0.323 e. The molecule has 4 rings (SSSR count). The second-order valence-electron chi connectivity index (χ2n) is 13.3. The highest BCUT2D eigenvalue weighted by Crippen LogP contribution is 2.19. The Labute approximate surface area is 295 Å². The van der Waals surface area contributed by atoms with E-state index in [-0.39, 0.29) is 25.0 Å². The van der Waals surface area contributed by atoms with Crippen LogP contribution in [0.4, 0.5) is 0 Å². The van der Waals surface area contributed by atoms with Crippen LogP contribution in [0.25, 0.3) is 0 Å². The molecule has 0 saturated carbocycles. The lowest BCUT2D eigenvalue weighted by atomic mass is 9.89. The number of ether oxygens (including phenoxy) is 2. The summed E-state index contributed by atoms with van der Waals surface area (Å²) in [4.78, 5) is 34.9. The molecule has 50 heavy (non-hydrogen) atoms. The molecule has 2 aromatic carbocycles. The van der Waals surface area contributed by atoms with Gasteiger partial charge in [-0.3, -0.25) is 30.2 Å². The smallest absolute Gasteiger partial charge is 0.323 e. The van der Waals surface area contributed by atoms with E-state index >= 15 is 0 Å². The minimum atomic E-state index is -1.36. The second kappa shape index (κ2) is 19.6. The average Bonchev–Trinajstić information content (AvgIpc) is 3.13. The molecule has 6 atom stereocenters. The van der Waals surface area contributed by atoms with Crippen LogP contribution < -0.4 is 10.6 Å². The third-order valence-electron chi connectivity index (χ3n) is 8.66. The first-order chi connectivity index (χ1) is 24.1. The van der Waals surface area contributed by atoms with E-state index in [1.165, 1.54) is 0 Å². The number of aliphatic hydroxyl groups is 2. The van der Waals surface area contributed by atoms with E-state index in [4.69, 9.17) is 9.47 Å². The number of carbonyl (C=O) groups is 2. The standard InChI is InChI=1S/C40H50N4O6/c1-27(2)35(39(47)49-25-31-15-19-41-20-16-31)43-33(23-29-11-7-5-8-12-29)37(45)38(46)34(24-30-13-9-6-10-14-30)44-36(28(3)4)40(48)50-26-32-17-21-42-22-18-32/h5-22,27-28,33-38,43-46H,23-26H2,1-4H3/t33-,34+,35?,36?,37-,38-/m1/s1. The predicted molar refractivity (Wildman–Crippen MR) is 191 cm³/mol. The van der Waals surface area contributed by atoms with Gasteiger partial charge in [0.05, 0.1) is 12.2 Å². The Bertz CT molecular complexity index is 1440. The third kappa shape index (κ3) is 11.8. The van der Waals surface area contributed by atoms with Crippen LogP contribution in [0.3, 0.4) is 0 Å². The van der Waals surface area contributed by atoms with Crippen molar-refractivity contribution in [2.45, 2.75) is 90.1 Å². The van der Waals surface area contributed by atoms with Crippen molar-refractivity contribution in [2.24, 2.45) is 11.8 Å². The maximum absolute atomic E-state index is 13.5. The molecular formula is C40H50N4O6. The summed E-state index contributed by atoms with van der Waals surface area (Å²) < 4.78 is 11.4. The maximum atomic E-state index is 13.5. The van der Waals surface area contributed by atoms with Crippen LogP contribution in [0.15, 0.2) is 110 Å². The largest absolute Gasteiger partial charge is 0.460 e. The third-order valence-corrected chi connectivity index (χ3v) is 8.66. The zero-order valence-corrected chi connectivity index (χ0v) is 29.3. The number of aromatic nitrogens is 2. The highest BCUT2D eigenvalue weighted by molar-refractivity contribution is 5.76. The molecule has 0 aliphatic rings. The Kier molecular flexibility index (Phi) is 15.1. The van der Waals surface area contributed by atoms with Gasteiger partial charge in [-0.15, -0.1) is 0 Å². The Morgan fingerprint density at radius 1 is 0.560 bits per heavy atom. The fourth-order valence-electron chi connectivity index (χ4n) is 5.74. The van der Waals surface area contributed by atoms with Crippen LogP contribution in [-0.2, 0) is 45.1 Å². The predicted octanol–water partition coefficient (Wildman–Crippen LogP) is 4.44. The first-order valence-electron chi connectivity index (χ1n) is 17.2. The fourth-order valence-corrected chi connectivity index (χ4v) is 5.74. The lowest BCUT2D eigenvalue weighted by Gasteiger charge is -2.37. The minimum absolute atomic E-state index is 0.0811. The number of hydrogen-bond acceptors (Lipinski definition) is 10. The molecule has 10 heteroatoms. The van der Waals surface area contributed by atoms with E-state index in [2.05, 4.69) is 20.6 Å². The molecule has 0 saturated heterocycles. The number of hydrogen-bond donors (Lipinski definition) is 4. The van der Waals surface area contributed by atoms with E-state index in [1.54, 1.807) is 49.1 Å². The van der Waals surface area contributed by atoms with Gasteiger partial charge in [0, 0.05) is 36.9 Å². The topological polar surface area (TPSA) is 143 Å². The molecule has 4 aromatic rings. The van der Waals surface area contributed by atoms with Crippen molar-refractivity contribution in [3.05, 3.63) is 132 Å². The zero-order chi connectivity index (χ0) is 35.9. The molecule has 2 heterocycles. The Morgan fingerprint density at radius 3 is 1.22 bits per heavy atom. The monoisotopic (exact) mass is 682 g/mol. The second-order valence-corrected chi connectivity index (χ2v) is 13.3. The van der Waals surface area contributed by atoms with Gasteiger partial charge in [0.1, 0.15) is 25.3 Å². The highest BCUT2D eigenvalue weighted by atomic mass is 16.5. The molecule has 10 nitrogen and oxygen atoms in total. The summed E-state index contributed by atoms with van der Waals surface area (Å²) in [6.07, 6.45) is 4.48. The van der Waals surface area contributed by atoms with Gasteiger partial charge in [-0.05, 0) is 71.2 Å². The first-order valence-corrected chi connectivity index (χ1v) is 17.2. The molecule has 2 aromatic heterocycles. The van der Waals surface area contributed by atoms with Crippen LogP contribution in [0.5, 0.6) is 0 Å². The average molecular weight is 683 g/mol. The lowest BCUT2D eigenvalue weighted by Crippen LogP contribution is -2.61. The molecule has 0 fully saturated rings. The quantitative estimate of drug-likeness (QED) is 0.105. The van der Waals surface area contributed by atoms with Crippen molar-refractivity contribution in [3.63, 3.8) is 0 Å². The molecule has 2 unspecified atom stereocenters. The normalized spacial score (nSPS) is 15.1. The van der Waals surface area contributed by atoms with E-state index in [0.717, 1.165) is 22.3 Å². The number of aliphatic hydroxyl groups excluding tert-OH is 2. The summed E-state index contributed by atoms with van der Waals surface area (Å²) in [6.45, 7) is 7.77. The van der Waals surface area contributed by atoms with Gasteiger partial charge in [-0.25, -0.2) is 0 Å². The van der Waals surface area contributed by atoms with Gasteiger partial charge >= 0.3 is 11.9 Å². The van der Waals surface area contributed by atoms with Crippen LogP contribution in [0.1, 0.15) is 49.9 Å².